The minimum absolute atomic E-state index is 0.00731. The molecule has 1 aromatic carbocycles. The van der Waals surface area contributed by atoms with Gasteiger partial charge in [0.2, 0.25) is 0 Å². The van der Waals surface area contributed by atoms with E-state index in [2.05, 4.69) is 10.4 Å². The smallest absolute Gasteiger partial charge is 0.321 e. The van der Waals surface area contributed by atoms with E-state index >= 15 is 0 Å². The summed E-state index contributed by atoms with van der Waals surface area (Å²) >= 11 is 0. The molecule has 2 heterocycles. The van der Waals surface area contributed by atoms with Crippen molar-refractivity contribution in [3.8, 4) is 0 Å². The predicted molar refractivity (Wildman–Crippen MR) is 82.0 cm³/mol. The normalized spacial score (nSPS) is 17.5. The van der Waals surface area contributed by atoms with Crippen molar-refractivity contribution in [2.75, 3.05) is 18.4 Å². The van der Waals surface area contributed by atoms with Gasteiger partial charge in [-0.1, -0.05) is 0 Å². The molecule has 0 saturated carbocycles. The van der Waals surface area contributed by atoms with Crippen molar-refractivity contribution in [3.05, 3.63) is 47.8 Å². The number of rotatable bonds is 3. The molecule has 2 aromatic rings. The summed E-state index contributed by atoms with van der Waals surface area (Å²) in [5.41, 5.74) is 1.14. The molecule has 1 unspecified atom stereocenters. The molecule has 1 aliphatic heterocycles. The highest BCUT2D eigenvalue weighted by atomic mass is 19.1. The lowest BCUT2D eigenvalue weighted by Crippen LogP contribution is -2.33. The van der Waals surface area contributed by atoms with Crippen LogP contribution >= 0.6 is 0 Å². The van der Waals surface area contributed by atoms with Crippen LogP contribution in [0.5, 0.6) is 0 Å². The number of urea groups is 1. The molecule has 122 valence electrons. The standard InChI is InChI=1S/C16H18F2N4O/c1-21-9-12(8-19-21)6-11-4-5-22(10-11)16(23)20-15-3-2-13(17)7-14(15)18/h2-3,7-9,11H,4-6,10H2,1H3,(H,20,23). The van der Waals surface area contributed by atoms with Crippen LogP contribution in [0.1, 0.15) is 12.0 Å². The van der Waals surface area contributed by atoms with Gasteiger partial charge in [0.15, 0.2) is 0 Å². The third-order valence-electron chi connectivity index (χ3n) is 4.03. The number of aromatic nitrogens is 2. The SMILES string of the molecule is Cn1cc(CC2CCN(C(=O)Nc3ccc(F)cc3F)C2)cn1. The molecule has 23 heavy (non-hydrogen) atoms. The van der Waals surface area contributed by atoms with Gasteiger partial charge in [0.25, 0.3) is 0 Å². The van der Waals surface area contributed by atoms with E-state index in [0.29, 0.717) is 19.0 Å². The molecule has 1 N–H and O–H groups in total. The molecule has 1 atom stereocenters. The Bertz CT molecular complexity index is 716. The van der Waals surface area contributed by atoms with E-state index in [4.69, 9.17) is 0 Å². The first-order valence-corrected chi connectivity index (χ1v) is 7.50. The van der Waals surface area contributed by atoms with Crippen molar-refractivity contribution in [1.29, 1.82) is 0 Å². The van der Waals surface area contributed by atoms with Crippen molar-refractivity contribution in [1.82, 2.24) is 14.7 Å². The van der Waals surface area contributed by atoms with E-state index in [-0.39, 0.29) is 11.7 Å². The molecule has 0 radical (unpaired) electrons. The van der Waals surface area contributed by atoms with Crippen LogP contribution in [-0.4, -0.2) is 33.8 Å². The second-order valence-corrected chi connectivity index (χ2v) is 5.88. The summed E-state index contributed by atoms with van der Waals surface area (Å²) in [7, 11) is 1.87. The largest absolute Gasteiger partial charge is 0.324 e. The second kappa shape index (κ2) is 6.36. The average molecular weight is 320 g/mol. The molecule has 1 fully saturated rings. The van der Waals surface area contributed by atoms with Gasteiger partial charge in [-0.15, -0.1) is 0 Å². The highest BCUT2D eigenvalue weighted by molar-refractivity contribution is 5.89. The molecule has 7 heteroatoms. The summed E-state index contributed by atoms with van der Waals surface area (Å²) in [6.45, 7) is 1.24. The average Bonchev–Trinajstić information content (AvgIpc) is 3.12. The van der Waals surface area contributed by atoms with Crippen LogP contribution in [0.4, 0.5) is 19.3 Å². The van der Waals surface area contributed by atoms with Gasteiger partial charge in [-0.2, -0.15) is 5.10 Å². The predicted octanol–water partition coefficient (Wildman–Crippen LogP) is 2.79. The fraction of sp³-hybridized carbons (Fsp3) is 0.375. The number of aryl methyl sites for hydroxylation is 1. The number of carbonyl (C=O) groups is 1. The van der Waals surface area contributed by atoms with Crippen molar-refractivity contribution >= 4 is 11.7 Å². The fourth-order valence-corrected chi connectivity index (χ4v) is 2.88. The Morgan fingerprint density at radius 1 is 1.43 bits per heavy atom. The van der Waals surface area contributed by atoms with E-state index in [1.807, 2.05) is 19.4 Å². The summed E-state index contributed by atoms with van der Waals surface area (Å²) in [4.78, 5) is 13.8. The van der Waals surface area contributed by atoms with Crippen LogP contribution in [-0.2, 0) is 13.5 Å². The van der Waals surface area contributed by atoms with E-state index in [9.17, 15) is 13.6 Å². The minimum atomic E-state index is -0.774. The number of hydrogen-bond donors (Lipinski definition) is 1. The molecule has 1 aliphatic rings. The Hall–Kier alpha value is -2.44. The molecule has 1 aromatic heterocycles. The molecule has 5 nitrogen and oxygen atoms in total. The number of likely N-dealkylation sites (tertiary alicyclic amines) is 1. The number of anilines is 1. The van der Waals surface area contributed by atoms with E-state index < -0.39 is 11.6 Å². The summed E-state index contributed by atoms with van der Waals surface area (Å²) in [5.74, 6) is -1.08. The molecule has 0 spiro atoms. The van der Waals surface area contributed by atoms with Gasteiger partial charge in [-0.25, -0.2) is 13.6 Å². The zero-order valence-electron chi connectivity index (χ0n) is 12.8. The number of carbonyl (C=O) groups excluding carboxylic acids is 1. The van der Waals surface area contributed by atoms with Gasteiger partial charge < -0.3 is 10.2 Å². The summed E-state index contributed by atoms with van der Waals surface area (Å²) in [5, 5.41) is 6.63. The van der Waals surface area contributed by atoms with Gasteiger partial charge >= 0.3 is 6.03 Å². The molecule has 3 rings (SSSR count). The highest BCUT2D eigenvalue weighted by Gasteiger charge is 2.27. The van der Waals surface area contributed by atoms with E-state index in [0.717, 1.165) is 30.5 Å². The van der Waals surface area contributed by atoms with E-state index in [1.54, 1.807) is 9.58 Å². The van der Waals surface area contributed by atoms with Crippen molar-refractivity contribution in [2.45, 2.75) is 12.8 Å². The number of amides is 2. The molecule has 1 saturated heterocycles. The Labute approximate surface area is 132 Å². The number of halogens is 2. The first kappa shape index (κ1) is 15.5. The Balaban J connectivity index is 1.56. The maximum absolute atomic E-state index is 13.6. The van der Waals surface area contributed by atoms with Crippen LogP contribution in [0.2, 0.25) is 0 Å². The Morgan fingerprint density at radius 2 is 2.26 bits per heavy atom. The molecular formula is C16H18F2N4O. The Morgan fingerprint density at radius 3 is 2.96 bits per heavy atom. The van der Waals surface area contributed by atoms with Crippen LogP contribution in [0.25, 0.3) is 0 Å². The molecule has 2 amide bonds. The lowest BCUT2D eigenvalue weighted by atomic mass is 10.0. The van der Waals surface area contributed by atoms with Crippen molar-refractivity contribution < 1.29 is 13.6 Å². The maximum Gasteiger partial charge on any atom is 0.321 e. The lowest BCUT2D eigenvalue weighted by molar-refractivity contribution is 0.220. The van der Waals surface area contributed by atoms with Crippen LogP contribution < -0.4 is 5.32 Å². The summed E-state index contributed by atoms with van der Waals surface area (Å²) in [6.07, 6.45) is 5.56. The van der Waals surface area contributed by atoms with Gasteiger partial charge in [-0.3, -0.25) is 4.68 Å². The lowest BCUT2D eigenvalue weighted by Gasteiger charge is -2.17. The first-order chi connectivity index (χ1) is 11.0. The number of nitrogens with one attached hydrogen (secondary N) is 1. The van der Waals surface area contributed by atoms with Crippen molar-refractivity contribution in [3.63, 3.8) is 0 Å². The van der Waals surface area contributed by atoms with Gasteiger partial charge in [0.05, 0.1) is 11.9 Å². The van der Waals surface area contributed by atoms with Gasteiger partial charge in [0.1, 0.15) is 11.6 Å². The molecule has 0 aliphatic carbocycles. The third kappa shape index (κ3) is 3.67. The molecular weight excluding hydrogens is 302 g/mol. The monoisotopic (exact) mass is 320 g/mol. The first-order valence-electron chi connectivity index (χ1n) is 7.50. The van der Waals surface area contributed by atoms with Crippen LogP contribution in [0, 0.1) is 17.6 Å². The van der Waals surface area contributed by atoms with Gasteiger partial charge in [-0.05, 0) is 36.5 Å². The zero-order chi connectivity index (χ0) is 16.4. The number of hydrogen-bond acceptors (Lipinski definition) is 2. The summed E-state index contributed by atoms with van der Waals surface area (Å²) < 4.78 is 28.2. The van der Waals surface area contributed by atoms with Crippen molar-refractivity contribution in [2.24, 2.45) is 13.0 Å². The zero-order valence-corrected chi connectivity index (χ0v) is 12.8. The number of benzene rings is 1. The van der Waals surface area contributed by atoms with Gasteiger partial charge in [0, 0.05) is 32.4 Å². The quantitative estimate of drug-likeness (QED) is 0.945. The maximum atomic E-state index is 13.6. The number of nitrogens with zero attached hydrogens (tertiary/aromatic N) is 3. The minimum Gasteiger partial charge on any atom is -0.324 e. The molecule has 0 bridgehead atoms. The topological polar surface area (TPSA) is 50.2 Å². The summed E-state index contributed by atoms with van der Waals surface area (Å²) in [6, 6.07) is 2.74. The highest BCUT2D eigenvalue weighted by Crippen LogP contribution is 2.22. The van der Waals surface area contributed by atoms with Crippen LogP contribution in [0.3, 0.4) is 0 Å². The second-order valence-electron chi connectivity index (χ2n) is 5.88. The van der Waals surface area contributed by atoms with E-state index in [1.165, 1.54) is 6.07 Å². The fourth-order valence-electron chi connectivity index (χ4n) is 2.88. The Kier molecular flexibility index (Phi) is 4.27. The third-order valence-corrected chi connectivity index (χ3v) is 4.03. The van der Waals surface area contributed by atoms with Crippen LogP contribution in [0.15, 0.2) is 30.6 Å².